The molecule has 6 nitrogen and oxygen atoms in total. The fourth-order valence-corrected chi connectivity index (χ4v) is 2.39. The van der Waals surface area contributed by atoms with E-state index in [0.717, 1.165) is 18.2 Å². The zero-order valence-electron chi connectivity index (χ0n) is 15.0. The Bertz CT molecular complexity index is 1020. The maximum atomic E-state index is 13.5. The van der Waals surface area contributed by atoms with E-state index in [4.69, 9.17) is 9.26 Å². The van der Waals surface area contributed by atoms with Crippen LogP contribution in [0.5, 0.6) is 11.5 Å². The summed E-state index contributed by atoms with van der Waals surface area (Å²) in [6.45, 7) is -0.676. The molecule has 11 heteroatoms. The molecule has 0 aliphatic carbocycles. The van der Waals surface area contributed by atoms with E-state index in [9.17, 15) is 26.7 Å². The number of benzene rings is 2. The summed E-state index contributed by atoms with van der Waals surface area (Å²) in [5.41, 5.74) is -0.109. The number of aromatic nitrogens is 1. The van der Waals surface area contributed by atoms with Crippen molar-refractivity contribution in [2.45, 2.75) is 19.5 Å². The van der Waals surface area contributed by atoms with Gasteiger partial charge in [0.15, 0.2) is 28.8 Å². The third kappa shape index (κ3) is 5.46. The summed E-state index contributed by atoms with van der Waals surface area (Å²) in [4.78, 5) is 12.2. The molecule has 0 aliphatic heterocycles. The van der Waals surface area contributed by atoms with Crippen LogP contribution in [0.4, 0.5) is 22.0 Å². The van der Waals surface area contributed by atoms with Gasteiger partial charge in [-0.25, -0.2) is 8.78 Å². The molecule has 0 spiro atoms. The van der Waals surface area contributed by atoms with Crippen molar-refractivity contribution in [1.29, 1.82) is 0 Å². The Morgan fingerprint density at radius 1 is 1.07 bits per heavy atom. The Morgan fingerprint density at radius 3 is 2.47 bits per heavy atom. The van der Waals surface area contributed by atoms with Gasteiger partial charge in [0.25, 0.3) is 5.91 Å². The number of rotatable bonds is 7. The molecule has 158 valence electrons. The zero-order chi connectivity index (χ0) is 21.7. The summed E-state index contributed by atoms with van der Waals surface area (Å²) >= 11 is 0. The fourth-order valence-electron chi connectivity index (χ4n) is 2.39. The second kappa shape index (κ2) is 8.80. The zero-order valence-corrected chi connectivity index (χ0v) is 15.0. The van der Waals surface area contributed by atoms with Crippen molar-refractivity contribution in [2.24, 2.45) is 0 Å². The molecule has 1 N–H and O–H groups in total. The van der Waals surface area contributed by atoms with Crippen LogP contribution in [-0.2, 0) is 13.2 Å². The molecule has 0 fully saturated rings. The Kier molecular flexibility index (Phi) is 6.19. The van der Waals surface area contributed by atoms with Crippen molar-refractivity contribution in [2.75, 3.05) is 0 Å². The predicted octanol–water partition coefficient (Wildman–Crippen LogP) is 4.36. The summed E-state index contributed by atoms with van der Waals surface area (Å²) in [5, 5.41) is 5.88. The number of halogens is 5. The molecule has 0 atom stereocenters. The summed E-state index contributed by atoms with van der Waals surface area (Å²) in [7, 11) is 0. The molecule has 2 aromatic carbocycles. The highest BCUT2D eigenvalue weighted by Crippen LogP contribution is 2.26. The molecular weight excluding hydrogens is 415 g/mol. The largest absolute Gasteiger partial charge is 0.573 e. The molecule has 1 heterocycles. The highest BCUT2D eigenvalue weighted by atomic mass is 19.4. The Labute approximate surface area is 166 Å². The molecule has 3 rings (SSSR count). The van der Waals surface area contributed by atoms with Crippen LogP contribution in [0.3, 0.4) is 0 Å². The fraction of sp³-hybridized carbons (Fsp3) is 0.158. The van der Waals surface area contributed by atoms with Crippen molar-refractivity contribution < 1.29 is 40.7 Å². The molecular formula is C19H13F5N2O4. The van der Waals surface area contributed by atoms with Gasteiger partial charge in [-0.2, -0.15) is 0 Å². The van der Waals surface area contributed by atoms with E-state index in [1.807, 2.05) is 0 Å². The van der Waals surface area contributed by atoms with Crippen LogP contribution in [0, 0.1) is 11.6 Å². The monoisotopic (exact) mass is 428 g/mol. The van der Waals surface area contributed by atoms with Gasteiger partial charge in [0, 0.05) is 18.2 Å². The standard InChI is InChI=1S/C19H13F5N2O4/c20-13-5-3-6-14(21)17(13)28-10-12-8-15(26-30-12)18(27)25-9-11-4-1-2-7-16(11)29-19(22,23)24/h1-8H,9-10H2,(H,25,27). The molecule has 1 aromatic heterocycles. The number of carbonyl (C=O) groups is 1. The van der Waals surface area contributed by atoms with Crippen molar-refractivity contribution in [3.8, 4) is 11.5 Å². The number of nitrogens with one attached hydrogen (secondary N) is 1. The van der Waals surface area contributed by atoms with Gasteiger partial charge >= 0.3 is 6.36 Å². The second-order valence-electron chi connectivity index (χ2n) is 5.86. The van der Waals surface area contributed by atoms with Crippen molar-refractivity contribution in [1.82, 2.24) is 10.5 Å². The number of carbonyl (C=O) groups excluding carboxylic acids is 1. The van der Waals surface area contributed by atoms with Crippen molar-refractivity contribution in [3.63, 3.8) is 0 Å². The summed E-state index contributed by atoms with van der Waals surface area (Å²) < 4.78 is 78.2. The maximum Gasteiger partial charge on any atom is 0.573 e. The topological polar surface area (TPSA) is 73.6 Å². The SMILES string of the molecule is O=C(NCc1ccccc1OC(F)(F)F)c1cc(COc2c(F)cccc2F)on1. The number of para-hydroxylation sites is 2. The van der Waals surface area contributed by atoms with E-state index in [0.29, 0.717) is 0 Å². The third-order valence-electron chi connectivity index (χ3n) is 3.71. The van der Waals surface area contributed by atoms with E-state index in [1.165, 1.54) is 30.3 Å². The van der Waals surface area contributed by atoms with Crippen LogP contribution in [0.1, 0.15) is 21.8 Å². The van der Waals surface area contributed by atoms with Crippen LogP contribution < -0.4 is 14.8 Å². The van der Waals surface area contributed by atoms with Crippen molar-refractivity contribution in [3.05, 3.63) is 77.2 Å². The van der Waals surface area contributed by atoms with Gasteiger partial charge in [-0.1, -0.05) is 29.4 Å². The highest BCUT2D eigenvalue weighted by molar-refractivity contribution is 5.92. The van der Waals surface area contributed by atoms with Gasteiger partial charge in [-0.3, -0.25) is 4.79 Å². The molecule has 0 aliphatic rings. The lowest BCUT2D eigenvalue weighted by Gasteiger charge is -2.13. The van der Waals surface area contributed by atoms with Gasteiger partial charge in [-0.15, -0.1) is 13.2 Å². The number of hydrogen-bond donors (Lipinski definition) is 1. The van der Waals surface area contributed by atoms with E-state index in [-0.39, 0.29) is 23.6 Å². The van der Waals surface area contributed by atoms with E-state index < -0.39 is 42.0 Å². The van der Waals surface area contributed by atoms with Gasteiger partial charge in [-0.05, 0) is 18.2 Å². The summed E-state index contributed by atoms with van der Waals surface area (Å²) in [5.74, 6) is -3.63. The second-order valence-corrected chi connectivity index (χ2v) is 5.86. The third-order valence-corrected chi connectivity index (χ3v) is 3.71. The first-order valence-electron chi connectivity index (χ1n) is 8.37. The molecule has 0 saturated heterocycles. The smallest absolute Gasteiger partial charge is 0.479 e. The lowest BCUT2D eigenvalue weighted by atomic mass is 10.2. The number of hydrogen-bond acceptors (Lipinski definition) is 5. The first kappa shape index (κ1) is 21.1. The van der Waals surface area contributed by atoms with E-state index in [2.05, 4.69) is 15.2 Å². The number of ether oxygens (including phenoxy) is 2. The minimum atomic E-state index is -4.88. The van der Waals surface area contributed by atoms with Crippen LogP contribution in [0.15, 0.2) is 53.1 Å². The minimum absolute atomic E-state index is 0.00334. The minimum Gasteiger partial charge on any atom is -0.479 e. The van der Waals surface area contributed by atoms with Crippen LogP contribution >= 0.6 is 0 Å². The molecule has 0 saturated carbocycles. The van der Waals surface area contributed by atoms with E-state index >= 15 is 0 Å². The van der Waals surface area contributed by atoms with Crippen LogP contribution in [-0.4, -0.2) is 17.4 Å². The lowest BCUT2D eigenvalue weighted by Crippen LogP contribution is -2.24. The van der Waals surface area contributed by atoms with Crippen LogP contribution in [0.2, 0.25) is 0 Å². The summed E-state index contributed by atoms with van der Waals surface area (Å²) in [6, 6.07) is 9.68. The predicted molar refractivity (Wildman–Crippen MR) is 91.5 cm³/mol. The van der Waals surface area contributed by atoms with Gasteiger partial charge < -0.3 is 19.3 Å². The summed E-state index contributed by atoms with van der Waals surface area (Å²) in [6.07, 6.45) is -4.88. The quantitative estimate of drug-likeness (QED) is 0.566. The number of alkyl halides is 3. The highest BCUT2D eigenvalue weighted by Gasteiger charge is 2.32. The number of amides is 1. The average Bonchev–Trinajstić information content (AvgIpc) is 3.14. The maximum absolute atomic E-state index is 13.5. The molecule has 0 radical (unpaired) electrons. The van der Waals surface area contributed by atoms with E-state index in [1.54, 1.807) is 0 Å². The van der Waals surface area contributed by atoms with Gasteiger partial charge in [0.2, 0.25) is 0 Å². The molecule has 0 unspecified atom stereocenters. The molecule has 3 aromatic rings. The average molecular weight is 428 g/mol. The van der Waals surface area contributed by atoms with Gasteiger partial charge in [0.05, 0.1) is 0 Å². The number of nitrogens with zero attached hydrogens (tertiary/aromatic N) is 1. The lowest BCUT2D eigenvalue weighted by molar-refractivity contribution is -0.274. The first-order valence-corrected chi connectivity index (χ1v) is 8.37. The first-order chi connectivity index (χ1) is 14.2. The Morgan fingerprint density at radius 2 is 1.77 bits per heavy atom. The van der Waals surface area contributed by atoms with Crippen molar-refractivity contribution >= 4 is 5.91 Å². The van der Waals surface area contributed by atoms with Crippen LogP contribution in [0.25, 0.3) is 0 Å². The molecule has 1 amide bonds. The Balaban J connectivity index is 1.60. The Hall–Kier alpha value is -3.63. The molecule has 30 heavy (non-hydrogen) atoms. The molecule has 0 bridgehead atoms. The normalized spacial score (nSPS) is 11.2. The van der Waals surface area contributed by atoms with Gasteiger partial charge in [0.1, 0.15) is 12.4 Å².